The van der Waals surface area contributed by atoms with E-state index in [-0.39, 0.29) is 24.8 Å². The first-order valence-electron chi connectivity index (χ1n) is 7.11. The minimum Gasteiger partial charge on any atom is -0.354 e. The fraction of sp³-hybridized carbons (Fsp3) is 0.467. The second kappa shape index (κ2) is 7.93. The van der Waals surface area contributed by atoms with Gasteiger partial charge in [-0.05, 0) is 25.5 Å². The van der Waals surface area contributed by atoms with Crippen molar-refractivity contribution >= 4 is 27.4 Å². The second-order valence-corrected chi connectivity index (χ2v) is 6.95. The molecule has 1 amide bonds. The van der Waals surface area contributed by atoms with Gasteiger partial charge in [0.05, 0.1) is 18.5 Å². The number of rotatable bonds is 8. The van der Waals surface area contributed by atoms with Crippen LogP contribution in [0.5, 0.6) is 0 Å². The van der Waals surface area contributed by atoms with E-state index in [1.165, 1.54) is 17.3 Å². The highest BCUT2D eigenvalue weighted by molar-refractivity contribution is 7.92. The number of ketones is 1. The van der Waals surface area contributed by atoms with Gasteiger partial charge in [-0.15, -0.1) is 0 Å². The van der Waals surface area contributed by atoms with Crippen LogP contribution in [0, 0.1) is 0 Å². The molecular weight excluding hydrogens is 304 g/mol. The molecule has 0 unspecified atom stereocenters. The zero-order valence-corrected chi connectivity index (χ0v) is 13.9. The van der Waals surface area contributed by atoms with Crippen molar-refractivity contribution in [3.63, 3.8) is 0 Å². The van der Waals surface area contributed by atoms with E-state index in [0.717, 1.165) is 12.7 Å². The normalized spacial score (nSPS) is 11.0. The average molecular weight is 326 g/mol. The molecule has 7 heteroatoms. The topological polar surface area (TPSA) is 83.6 Å². The molecule has 0 radical (unpaired) electrons. The zero-order valence-electron chi connectivity index (χ0n) is 13.1. The lowest BCUT2D eigenvalue weighted by Gasteiger charge is -2.23. The second-order valence-electron chi connectivity index (χ2n) is 5.04. The number of nitrogens with zero attached hydrogens (tertiary/aromatic N) is 1. The first-order valence-corrected chi connectivity index (χ1v) is 8.96. The summed E-state index contributed by atoms with van der Waals surface area (Å²) in [4.78, 5) is 22.9. The third-order valence-corrected chi connectivity index (χ3v) is 4.25. The van der Waals surface area contributed by atoms with Gasteiger partial charge in [0.15, 0.2) is 5.78 Å². The summed E-state index contributed by atoms with van der Waals surface area (Å²) in [5, 5.41) is 2.68. The molecule has 122 valence electrons. The van der Waals surface area contributed by atoms with Gasteiger partial charge >= 0.3 is 0 Å². The van der Waals surface area contributed by atoms with Gasteiger partial charge < -0.3 is 5.32 Å². The highest BCUT2D eigenvalue weighted by Crippen LogP contribution is 2.19. The SMILES string of the molecule is CCCC(=O)NCCN(c1cccc(C(C)=O)c1)S(C)(=O)=O. The average Bonchev–Trinajstić information content (AvgIpc) is 2.42. The summed E-state index contributed by atoms with van der Waals surface area (Å²) in [6.45, 7) is 3.66. The van der Waals surface area contributed by atoms with Gasteiger partial charge in [0, 0.05) is 18.5 Å². The van der Waals surface area contributed by atoms with Crippen molar-refractivity contribution in [2.24, 2.45) is 0 Å². The van der Waals surface area contributed by atoms with Crippen LogP contribution in [0.3, 0.4) is 0 Å². The molecule has 1 rings (SSSR count). The van der Waals surface area contributed by atoms with E-state index >= 15 is 0 Å². The molecule has 0 fully saturated rings. The number of sulfonamides is 1. The minimum atomic E-state index is -3.50. The summed E-state index contributed by atoms with van der Waals surface area (Å²) < 4.78 is 25.1. The Hall–Kier alpha value is -1.89. The molecule has 0 atom stereocenters. The van der Waals surface area contributed by atoms with Crippen LogP contribution in [0.25, 0.3) is 0 Å². The number of Topliss-reactive ketones (excluding diaryl/α,β-unsaturated/α-hetero) is 1. The fourth-order valence-electron chi connectivity index (χ4n) is 1.98. The highest BCUT2D eigenvalue weighted by Gasteiger charge is 2.18. The fourth-order valence-corrected chi connectivity index (χ4v) is 2.90. The van der Waals surface area contributed by atoms with Gasteiger partial charge in [-0.25, -0.2) is 8.42 Å². The predicted molar refractivity (Wildman–Crippen MR) is 86.6 cm³/mol. The Morgan fingerprint density at radius 3 is 2.50 bits per heavy atom. The van der Waals surface area contributed by atoms with Gasteiger partial charge in [-0.1, -0.05) is 19.1 Å². The molecule has 0 bridgehead atoms. The summed E-state index contributed by atoms with van der Waals surface area (Å²) >= 11 is 0. The quantitative estimate of drug-likeness (QED) is 0.735. The van der Waals surface area contributed by atoms with Crippen LogP contribution in [0.4, 0.5) is 5.69 Å². The van der Waals surface area contributed by atoms with E-state index in [1.54, 1.807) is 18.2 Å². The van der Waals surface area contributed by atoms with Crippen molar-refractivity contribution in [1.82, 2.24) is 5.32 Å². The standard InChI is InChI=1S/C15H22N2O4S/c1-4-6-15(19)16-9-10-17(22(3,20)21)14-8-5-7-13(11-14)12(2)18/h5,7-8,11H,4,6,9-10H2,1-3H3,(H,16,19). The first-order chi connectivity index (χ1) is 10.3. The predicted octanol–water partition coefficient (Wildman–Crippen LogP) is 1.57. The Bertz CT molecular complexity index is 641. The van der Waals surface area contributed by atoms with Crippen LogP contribution in [-0.2, 0) is 14.8 Å². The van der Waals surface area contributed by atoms with Crippen molar-refractivity contribution in [3.8, 4) is 0 Å². The maximum absolute atomic E-state index is 11.9. The number of carbonyl (C=O) groups is 2. The molecule has 0 spiro atoms. The lowest BCUT2D eigenvalue weighted by Crippen LogP contribution is -2.38. The Kier molecular flexibility index (Phi) is 6.55. The molecule has 0 saturated carbocycles. The summed E-state index contributed by atoms with van der Waals surface area (Å²) in [5.74, 6) is -0.236. The van der Waals surface area contributed by atoms with Gasteiger partial charge in [0.25, 0.3) is 0 Å². The van der Waals surface area contributed by atoms with Crippen molar-refractivity contribution in [3.05, 3.63) is 29.8 Å². The highest BCUT2D eigenvalue weighted by atomic mass is 32.2. The van der Waals surface area contributed by atoms with E-state index in [9.17, 15) is 18.0 Å². The van der Waals surface area contributed by atoms with Crippen LogP contribution in [0.15, 0.2) is 24.3 Å². The molecule has 1 N–H and O–H groups in total. The van der Waals surface area contributed by atoms with Crippen LogP contribution in [0.1, 0.15) is 37.0 Å². The molecule has 0 heterocycles. The summed E-state index contributed by atoms with van der Waals surface area (Å²) in [7, 11) is -3.50. The van der Waals surface area contributed by atoms with Gasteiger partial charge in [-0.3, -0.25) is 13.9 Å². The maximum atomic E-state index is 11.9. The van der Waals surface area contributed by atoms with E-state index < -0.39 is 10.0 Å². The number of carbonyl (C=O) groups excluding carboxylic acids is 2. The van der Waals surface area contributed by atoms with Crippen LogP contribution < -0.4 is 9.62 Å². The molecule has 1 aromatic carbocycles. The maximum Gasteiger partial charge on any atom is 0.232 e. The summed E-state index contributed by atoms with van der Waals surface area (Å²) in [6, 6.07) is 6.44. The molecule has 0 aromatic heterocycles. The first kappa shape index (κ1) is 18.2. The van der Waals surface area contributed by atoms with Crippen LogP contribution in [0.2, 0.25) is 0 Å². The van der Waals surface area contributed by atoms with E-state index in [1.807, 2.05) is 6.92 Å². The monoisotopic (exact) mass is 326 g/mol. The van der Waals surface area contributed by atoms with Gasteiger partial charge in [0.2, 0.25) is 15.9 Å². The molecule has 1 aromatic rings. The molecule has 0 aliphatic heterocycles. The summed E-state index contributed by atoms with van der Waals surface area (Å²) in [5.41, 5.74) is 0.862. The number of benzene rings is 1. The molecule has 0 saturated heterocycles. The Morgan fingerprint density at radius 2 is 1.95 bits per heavy atom. The molecule has 0 aliphatic carbocycles. The van der Waals surface area contributed by atoms with Crippen molar-refractivity contribution in [2.75, 3.05) is 23.7 Å². The van der Waals surface area contributed by atoms with Crippen molar-refractivity contribution < 1.29 is 18.0 Å². The van der Waals surface area contributed by atoms with Crippen LogP contribution in [-0.4, -0.2) is 39.5 Å². The van der Waals surface area contributed by atoms with Crippen LogP contribution >= 0.6 is 0 Å². The van der Waals surface area contributed by atoms with Gasteiger partial charge in [0.1, 0.15) is 0 Å². The third-order valence-electron chi connectivity index (χ3n) is 3.06. The molecule has 22 heavy (non-hydrogen) atoms. The van der Waals surface area contributed by atoms with Crippen molar-refractivity contribution in [2.45, 2.75) is 26.7 Å². The number of anilines is 1. The van der Waals surface area contributed by atoms with E-state index in [4.69, 9.17) is 0 Å². The molecule has 6 nitrogen and oxygen atoms in total. The van der Waals surface area contributed by atoms with E-state index in [2.05, 4.69) is 5.32 Å². The third kappa shape index (κ3) is 5.48. The number of hydrogen-bond donors (Lipinski definition) is 1. The Morgan fingerprint density at radius 1 is 1.27 bits per heavy atom. The minimum absolute atomic E-state index is 0.103. The number of hydrogen-bond acceptors (Lipinski definition) is 4. The Labute approximate surface area is 131 Å². The largest absolute Gasteiger partial charge is 0.354 e. The lowest BCUT2D eigenvalue weighted by atomic mass is 10.1. The van der Waals surface area contributed by atoms with Crippen molar-refractivity contribution in [1.29, 1.82) is 0 Å². The number of amides is 1. The molecule has 0 aliphatic rings. The zero-order chi connectivity index (χ0) is 16.8. The Balaban J connectivity index is 2.88. The summed E-state index contributed by atoms with van der Waals surface area (Å²) in [6.07, 6.45) is 2.25. The van der Waals surface area contributed by atoms with Gasteiger partial charge in [-0.2, -0.15) is 0 Å². The lowest BCUT2D eigenvalue weighted by molar-refractivity contribution is -0.121. The smallest absolute Gasteiger partial charge is 0.232 e. The van der Waals surface area contributed by atoms with E-state index in [0.29, 0.717) is 17.7 Å². The molecular formula is C15H22N2O4S. The number of nitrogens with one attached hydrogen (secondary N) is 1.